The minimum atomic E-state index is -0.171. The van der Waals surface area contributed by atoms with Crippen LogP contribution >= 0.6 is 0 Å². The zero-order chi connectivity index (χ0) is 16.7. The van der Waals surface area contributed by atoms with Crippen LogP contribution in [0.15, 0.2) is 36.7 Å². The lowest BCUT2D eigenvalue weighted by atomic mass is 10.2. The summed E-state index contributed by atoms with van der Waals surface area (Å²) in [7, 11) is 1.89. The lowest BCUT2D eigenvalue weighted by Crippen LogP contribution is -2.22. The summed E-state index contributed by atoms with van der Waals surface area (Å²) in [5, 5.41) is 2.83. The first-order chi connectivity index (χ1) is 11.1. The summed E-state index contributed by atoms with van der Waals surface area (Å²) in [5.41, 5.74) is 1.92. The number of nitrogens with zero attached hydrogens (tertiary/aromatic N) is 3. The Kier molecular flexibility index (Phi) is 6.17. The van der Waals surface area contributed by atoms with Gasteiger partial charge in [-0.2, -0.15) is 0 Å². The van der Waals surface area contributed by atoms with E-state index in [4.69, 9.17) is 4.74 Å². The second-order valence-electron chi connectivity index (χ2n) is 5.21. The Bertz CT molecular complexity index is 618. The molecule has 0 spiro atoms. The summed E-state index contributed by atoms with van der Waals surface area (Å²) in [6, 6.07) is 7.84. The number of hydrogen-bond acceptors (Lipinski definition) is 4. The van der Waals surface area contributed by atoms with E-state index in [-0.39, 0.29) is 12.5 Å². The fourth-order valence-electron chi connectivity index (χ4n) is 2.31. The van der Waals surface area contributed by atoms with Gasteiger partial charge in [0.15, 0.2) is 0 Å². The average Bonchev–Trinajstić information content (AvgIpc) is 2.95. The Labute approximate surface area is 137 Å². The maximum atomic E-state index is 11.9. The van der Waals surface area contributed by atoms with E-state index >= 15 is 0 Å². The standard InChI is InChI=1S/C17H24N4O2/c1-4-21(5-2)15-8-6-14(7-9-15)19-17(22)13-23-12-16-18-10-11-20(16)3/h6-11H,4-5,12-13H2,1-3H3,(H,19,22). The number of nitrogens with one attached hydrogen (secondary N) is 1. The van der Waals surface area contributed by atoms with Gasteiger partial charge in [0, 0.05) is 43.9 Å². The van der Waals surface area contributed by atoms with Gasteiger partial charge < -0.3 is 19.5 Å². The third kappa shape index (κ3) is 4.82. The van der Waals surface area contributed by atoms with Crippen molar-refractivity contribution in [3.05, 3.63) is 42.5 Å². The lowest BCUT2D eigenvalue weighted by Gasteiger charge is -2.21. The van der Waals surface area contributed by atoms with E-state index in [9.17, 15) is 4.79 Å². The van der Waals surface area contributed by atoms with E-state index in [1.54, 1.807) is 6.20 Å². The van der Waals surface area contributed by atoms with Crippen LogP contribution in [0.25, 0.3) is 0 Å². The zero-order valence-electron chi connectivity index (χ0n) is 14.0. The third-order valence-corrected chi connectivity index (χ3v) is 3.66. The van der Waals surface area contributed by atoms with Gasteiger partial charge in [0.25, 0.3) is 0 Å². The van der Waals surface area contributed by atoms with Crippen molar-refractivity contribution in [1.29, 1.82) is 0 Å². The highest BCUT2D eigenvalue weighted by molar-refractivity contribution is 5.91. The molecule has 0 aliphatic heterocycles. The lowest BCUT2D eigenvalue weighted by molar-refractivity contribution is -0.121. The van der Waals surface area contributed by atoms with Crippen molar-refractivity contribution in [1.82, 2.24) is 9.55 Å². The van der Waals surface area contributed by atoms with E-state index < -0.39 is 0 Å². The van der Waals surface area contributed by atoms with Crippen LogP contribution in [0, 0.1) is 0 Å². The molecule has 1 N–H and O–H groups in total. The molecule has 0 bridgehead atoms. The molecule has 0 saturated carbocycles. The van der Waals surface area contributed by atoms with Crippen LogP contribution in [-0.2, 0) is 23.2 Å². The average molecular weight is 316 g/mol. The molecule has 6 nitrogen and oxygen atoms in total. The molecule has 6 heteroatoms. The molecule has 1 aromatic carbocycles. The second-order valence-corrected chi connectivity index (χ2v) is 5.21. The van der Waals surface area contributed by atoms with E-state index in [1.165, 1.54) is 0 Å². The number of anilines is 2. The molecule has 1 amide bonds. The monoisotopic (exact) mass is 316 g/mol. The zero-order valence-corrected chi connectivity index (χ0v) is 14.0. The van der Waals surface area contributed by atoms with Crippen LogP contribution in [0.4, 0.5) is 11.4 Å². The van der Waals surface area contributed by atoms with Crippen molar-refractivity contribution < 1.29 is 9.53 Å². The summed E-state index contributed by atoms with van der Waals surface area (Å²) in [4.78, 5) is 18.3. The normalized spacial score (nSPS) is 10.6. The van der Waals surface area contributed by atoms with Gasteiger partial charge in [0.05, 0.1) is 0 Å². The molecule has 1 heterocycles. The Hall–Kier alpha value is -2.34. The fraction of sp³-hybridized carbons (Fsp3) is 0.412. The van der Waals surface area contributed by atoms with Crippen LogP contribution in [0.1, 0.15) is 19.7 Å². The van der Waals surface area contributed by atoms with Gasteiger partial charge in [0.2, 0.25) is 5.91 Å². The molecule has 2 rings (SSSR count). The molecule has 0 aliphatic carbocycles. The molecule has 1 aromatic heterocycles. The highest BCUT2D eigenvalue weighted by Gasteiger charge is 2.06. The van der Waals surface area contributed by atoms with E-state index in [1.807, 2.05) is 42.1 Å². The summed E-state index contributed by atoms with van der Waals surface area (Å²) in [6.45, 7) is 6.49. The quantitative estimate of drug-likeness (QED) is 0.812. The number of imidazole rings is 1. The molecular weight excluding hydrogens is 292 g/mol. The molecule has 124 valence electrons. The number of carbonyl (C=O) groups excluding carboxylic acids is 1. The molecule has 0 atom stereocenters. The Morgan fingerprint density at radius 2 is 1.96 bits per heavy atom. The molecule has 0 fully saturated rings. The fourth-order valence-corrected chi connectivity index (χ4v) is 2.31. The molecule has 0 saturated heterocycles. The first kappa shape index (κ1) is 17.0. The molecular formula is C17H24N4O2. The third-order valence-electron chi connectivity index (χ3n) is 3.66. The van der Waals surface area contributed by atoms with Crippen LogP contribution in [0.5, 0.6) is 0 Å². The number of carbonyl (C=O) groups is 1. The first-order valence-corrected chi connectivity index (χ1v) is 7.82. The van der Waals surface area contributed by atoms with Crippen LogP contribution in [0.2, 0.25) is 0 Å². The van der Waals surface area contributed by atoms with Crippen molar-refractivity contribution >= 4 is 17.3 Å². The second kappa shape index (κ2) is 8.33. The maximum absolute atomic E-state index is 11.9. The molecule has 2 aromatic rings. The highest BCUT2D eigenvalue weighted by Crippen LogP contribution is 2.17. The van der Waals surface area contributed by atoms with Crippen molar-refractivity contribution in [3.63, 3.8) is 0 Å². The van der Waals surface area contributed by atoms with Crippen LogP contribution in [-0.4, -0.2) is 35.2 Å². The van der Waals surface area contributed by atoms with Gasteiger partial charge in [-0.25, -0.2) is 4.98 Å². The van der Waals surface area contributed by atoms with E-state index in [0.29, 0.717) is 6.61 Å². The van der Waals surface area contributed by atoms with Crippen LogP contribution in [0.3, 0.4) is 0 Å². The Balaban J connectivity index is 1.79. The number of aromatic nitrogens is 2. The number of hydrogen-bond donors (Lipinski definition) is 1. The van der Waals surface area contributed by atoms with Gasteiger partial charge in [-0.3, -0.25) is 4.79 Å². The van der Waals surface area contributed by atoms with Crippen molar-refractivity contribution in [2.24, 2.45) is 7.05 Å². The van der Waals surface area contributed by atoms with Crippen molar-refractivity contribution in [2.75, 3.05) is 29.9 Å². The topological polar surface area (TPSA) is 59.4 Å². The smallest absolute Gasteiger partial charge is 0.250 e. The largest absolute Gasteiger partial charge is 0.372 e. The minimum absolute atomic E-state index is 0.00462. The van der Waals surface area contributed by atoms with Gasteiger partial charge in [-0.1, -0.05) is 0 Å². The van der Waals surface area contributed by atoms with Gasteiger partial charge in [0.1, 0.15) is 19.0 Å². The summed E-state index contributed by atoms with van der Waals surface area (Å²) in [5.74, 6) is 0.621. The SMILES string of the molecule is CCN(CC)c1ccc(NC(=O)COCc2nccn2C)cc1. The summed E-state index contributed by atoms with van der Waals surface area (Å²) >= 11 is 0. The number of aryl methyl sites for hydroxylation is 1. The predicted octanol–water partition coefficient (Wildman–Crippen LogP) is 2.42. The maximum Gasteiger partial charge on any atom is 0.250 e. The van der Waals surface area contributed by atoms with E-state index in [2.05, 4.69) is 29.0 Å². The van der Waals surface area contributed by atoms with Gasteiger partial charge in [-0.05, 0) is 38.1 Å². The summed E-state index contributed by atoms with van der Waals surface area (Å²) < 4.78 is 7.25. The van der Waals surface area contributed by atoms with Crippen molar-refractivity contribution in [3.8, 4) is 0 Å². The van der Waals surface area contributed by atoms with Gasteiger partial charge >= 0.3 is 0 Å². The van der Waals surface area contributed by atoms with Gasteiger partial charge in [-0.15, -0.1) is 0 Å². The molecule has 0 unspecified atom stereocenters. The first-order valence-electron chi connectivity index (χ1n) is 7.82. The minimum Gasteiger partial charge on any atom is -0.372 e. The number of amides is 1. The Morgan fingerprint density at radius 1 is 1.26 bits per heavy atom. The molecule has 23 heavy (non-hydrogen) atoms. The summed E-state index contributed by atoms with van der Waals surface area (Å²) in [6.07, 6.45) is 3.55. The molecule has 0 radical (unpaired) electrons. The van der Waals surface area contributed by atoms with Crippen LogP contribution < -0.4 is 10.2 Å². The van der Waals surface area contributed by atoms with E-state index in [0.717, 1.165) is 30.3 Å². The Morgan fingerprint density at radius 3 is 2.52 bits per heavy atom. The number of ether oxygens (including phenoxy) is 1. The number of rotatable bonds is 8. The molecule has 0 aliphatic rings. The highest BCUT2D eigenvalue weighted by atomic mass is 16.5. The van der Waals surface area contributed by atoms with Crippen molar-refractivity contribution in [2.45, 2.75) is 20.5 Å². The predicted molar refractivity (Wildman–Crippen MR) is 91.5 cm³/mol. The number of benzene rings is 1.